The molecule has 0 aliphatic carbocycles. The van der Waals surface area contributed by atoms with Crippen LogP contribution in [0.3, 0.4) is 0 Å². The number of imidazole rings is 1. The van der Waals surface area contributed by atoms with E-state index in [0.29, 0.717) is 59.7 Å². The van der Waals surface area contributed by atoms with Gasteiger partial charge in [-0.05, 0) is 49.2 Å². The number of rotatable bonds is 8. The Morgan fingerprint density at radius 1 is 1.15 bits per heavy atom. The van der Waals surface area contributed by atoms with Gasteiger partial charge in [0, 0.05) is 62.0 Å². The summed E-state index contributed by atoms with van der Waals surface area (Å²) in [5.41, 5.74) is 4.57. The zero-order valence-electron chi connectivity index (χ0n) is 25.2. The molecule has 3 N–H and O–H groups in total. The standard InChI is InChI=1S/C32H31FN10O2S/c1-3-24-30(41(2)32-40-28(26(11-34)46-32)18-4-7-21(33)8-5-18)43-15-19(6-9-27(43)39-24)20-12-36-31(37-13-20)42-16-22(17-42)38-29(45)25-10-23(44)14-35-25/h4-9,12-13,15,22-23,25,35,44H,3,10,14,16-17H2,1-2H3,(H,38,45)/t23-,25-/m1/s1. The minimum atomic E-state index is -0.478. The summed E-state index contributed by atoms with van der Waals surface area (Å²) >= 11 is 1.27. The number of halogens is 1. The SMILES string of the molecule is CCc1nc2ccc(-c3cnc(N4CC(NC(=O)[C@H]5C[C@@H](O)CN5)C4)nc3)cn2c1N(C)c1nc(-c2ccc(F)cc2)c(C#N)s1. The number of fused-ring (bicyclic) bond motifs is 1. The van der Waals surface area contributed by atoms with Crippen LogP contribution in [0.25, 0.3) is 28.0 Å². The number of thiazole rings is 1. The summed E-state index contributed by atoms with van der Waals surface area (Å²) in [5, 5.41) is 26.2. The number of aliphatic hydroxyl groups is 1. The lowest BCUT2D eigenvalue weighted by Gasteiger charge is -2.39. The number of aryl methyl sites for hydroxylation is 1. The fourth-order valence-electron chi connectivity index (χ4n) is 5.85. The second-order valence-electron chi connectivity index (χ2n) is 11.5. The van der Waals surface area contributed by atoms with Crippen molar-refractivity contribution in [1.82, 2.24) is 35.0 Å². The number of hydrogen-bond acceptors (Lipinski definition) is 11. The Kier molecular flexibility index (Phi) is 7.81. The number of hydrogen-bond donors (Lipinski definition) is 3. The fraction of sp³-hybridized carbons (Fsp3) is 0.312. The van der Waals surface area contributed by atoms with E-state index in [1.54, 1.807) is 24.5 Å². The maximum absolute atomic E-state index is 13.5. The van der Waals surface area contributed by atoms with Gasteiger partial charge in [0.05, 0.1) is 23.9 Å². The predicted molar refractivity (Wildman–Crippen MR) is 172 cm³/mol. The summed E-state index contributed by atoms with van der Waals surface area (Å²) in [6.07, 6.45) is 6.21. The van der Waals surface area contributed by atoms with Crippen LogP contribution in [0.2, 0.25) is 0 Å². The van der Waals surface area contributed by atoms with Gasteiger partial charge < -0.3 is 25.5 Å². The maximum Gasteiger partial charge on any atom is 0.237 e. The molecule has 6 heterocycles. The molecule has 7 rings (SSSR count). The highest BCUT2D eigenvalue weighted by Gasteiger charge is 2.34. The number of amides is 1. The Morgan fingerprint density at radius 3 is 2.57 bits per heavy atom. The summed E-state index contributed by atoms with van der Waals surface area (Å²) in [6, 6.07) is 11.8. The highest BCUT2D eigenvalue weighted by atomic mass is 32.1. The maximum atomic E-state index is 13.5. The molecule has 0 radical (unpaired) electrons. The molecule has 0 spiro atoms. The van der Waals surface area contributed by atoms with Crippen molar-refractivity contribution < 1.29 is 14.3 Å². The van der Waals surface area contributed by atoms with Crippen LogP contribution in [0.1, 0.15) is 23.9 Å². The third-order valence-corrected chi connectivity index (χ3v) is 9.38. The molecule has 4 aromatic heterocycles. The van der Waals surface area contributed by atoms with Crippen LogP contribution in [0.4, 0.5) is 21.3 Å². The van der Waals surface area contributed by atoms with Crippen molar-refractivity contribution in [2.24, 2.45) is 0 Å². The van der Waals surface area contributed by atoms with Crippen LogP contribution in [-0.2, 0) is 11.2 Å². The van der Waals surface area contributed by atoms with E-state index in [9.17, 15) is 19.6 Å². The number of nitrogens with zero attached hydrogens (tertiary/aromatic N) is 8. The van der Waals surface area contributed by atoms with Gasteiger partial charge in [-0.15, -0.1) is 0 Å². The van der Waals surface area contributed by atoms with E-state index >= 15 is 0 Å². The Labute approximate surface area is 268 Å². The average molecular weight is 639 g/mol. The van der Waals surface area contributed by atoms with E-state index in [4.69, 9.17) is 9.97 Å². The van der Waals surface area contributed by atoms with Gasteiger partial charge in [-0.1, -0.05) is 18.3 Å². The number of pyridine rings is 1. The lowest BCUT2D eigenvalue weighted by atomic mass is 10.1. The van der Waals surface area contributed by atoms with Gasteiger partial charge in [0.25, 0.3) is 0 Å². The number of β-amino-alcohol motifs (C(OH)–C–C–N with tert-alkyl or cyclic N) is 1. The van der Waals surface area contributed by atoms with E-state index in [0.717, 1.165) is 28.3 Å². The fourth-order valence-corrected chi connectivity index (χ4v) is 6.70. The highest BCUT2D eigenvalue weighted by Crippen LogP contribution is 2.37. The summed E-state index contributed by atoms with van der Waals surface area (Å²) in [7, 11) is 1.90. The summed E-state index contributed by atoms with van der Waals surface area (Å²) in [4.78, 5) is 35.6. The van der Waals surface area contributed by atoms with Crippen molar-refractivity contribution >= 4 is 39.8 Å². The molecule has 46 heavy (non-hydrogen) atoms. The molecule has 14 heteroatoms. The first kappa shape index (κ1) is 29.7. The number of nitrogens with one attached hydrogen (secondary N) is 2. The number of aromatic nitrogens is 5. The molecule has 12 nitrogen and oxygen atoms in total. The molecule has 1 amide bonds. The number of carbonyl (C=O) groups excluding carboxylic acids is 1. The smallest absolute Gasteiger partial charge is 0.237 e. The van der Waals surface area contributed by atoms with Crippen LogP contribution in [-0.4, -0.2) is 80.2 Å². The third-order valence-electron chi connectivity index (χ3n) is 8.34. The first-order valence-corrected chi connectivity index (χ1v) is 15.8. The van der Waals surface area contributed by atoms with Crippen molar-refractivity contribution in [3.63, 3.8) is 0 Å². The Bertz CT molecular complexity index is 1950. The van der Waals surface area contributed by atoms with Crippen molar-refractivity contribution in [3.8, 4) is 28.5 Å². The van der Waals surface area contributed by atoms with Crippen molar-refractivity contribution in [3.05, 3.63) is 71.4 Å². The molecule has 2 saturated heterocycles. The highest BCUT2D eigenvalue weighted by molar-refractivity contribution is 7.16. The molecular weight excluding hydrogens is 607 g/mol. The molecule has 2 fully saturated rings. The zero-order valence-corrected chi connectivity index (χ0v) is 26.0. The van der Waals surface area contributed by atoms with Crippen molar-refractivity contribution in [1.29, 1.82) is 5.26 Å². The largest absolute Gasteiger partial charge is 0.392 e. The van der Waals surface area contributed by atoms with E-state index in [1.165, 1.54) is 23.5 Å². The summed E-state index contributed by atoms with van der Waals surface area (Å²) < 4.78 is 15.5. The van der Waals surface area contributed by atoms with Gasteiger partial charge in [-0.2, -0.15) is 5.26 Å². The van der Waals surface area contributed by atoms with Gasteiger partial charge in [0.2, 0.25) is 11.9 Å². The average Bonchev–Trinajstić information content (AvgIpc) is 3.79. The van der Waals surface area contributed by atoms with E-state index in [1.807, 2.05) is 46.5 Å². The second kappa shape index (κ2) is 12.1. The topological polar surface area (TPSA) is 148 Å². The van der Waals surface area contributed by atoms with Gasteiger partial charge in [0.15, 0.2) is 5.13 Å². The van der Waals surface area contributed by atoms with Crippen LogP contribution >= 0.6 is 11.3 Å². The number of aliphatic hydroxyl groups excluding tert-OH is 1. The van der Waals surface area contributed by atoms with Gasteiger partial charge >= 0.3 is 0 Å². The van der Waals surface area contributed by atoms with Crippen LogP contribution in [0.15, 0.2) is 55.0 Å². The Balaban J connectivity index is 1.10. The lowest BCUT2D eigenvalue weighted by Crippen LogP contribution is -2.61. The van der Waals surface area contributed by atoms with Crippen molar-refractivity contribution in [2.75, 3.05) is 36.5 Å². The molecule has 5 aromatic rings. The number of carbonyl (C=O) groups is 1. The Hall–Kier alpha value is -4.97. The molecular formula is C32H31FN10O2S. The Morgan fingerprint density at radius 2 is 1.89 bits per heavy atom. The first-order chi connectivity index (χ1) is 22.3. The van der Waals surface area contributed by atoms with Gasteiger partial charge in [0.1, 0.15) is 33.9 Å². The normalized spacial score (nSPS) is 18.0. The molecule has 234 valence electrons. The number of nitriles is 1. The molecule has 0 bridgehead atoms. The van der Waals surface area contributed by atoms with Crippen LogP contribution in [0, 0.1) is 17.1 Å². The number of anilines is 3. The van der Waals surface area contributed by atoms with Crippen LogP contribution < -0.4 is 20.4 Å². The summed E-state index contributed by atoms with van der Waals surface area (Å²) in [6.45, 7) is 3.71. The number of benzene rings is 1. The van der Waals surface area contributed by atoms with E-state index in [-0.39, 0.29) is 23.8 Å². The van der Waals surface area contributed by atoms with E-state index in [2.05, 4.69) is 26.7 Å². The molecule has 2 aliphatic heterocycles. The lowest BCUT2D eigenvalue weighted by molar-refractivity contribution is -0.123. The third kappa shape index (κ3) is 5.53. The molecule has 2 aliphatic rings. The zero-order chi connectivity index (χ0) is 31.9. The molecule has 2 atom stereocenters. The molecule has 0 saturated carbocycles. The predicted octanol–water partition coefficient (Wildman–Crippen LogP) is 3.28. The minimum Gasteiger partial charge on any atom is -0.392 e. The van der Waals surface area contributed by atoms with Crippen LogP contribution in [0.5, 0.6) is 0 Å². The second-order valence-corrected chi connectivity index (χ2v) is 12.4. The minimum absolute atomic E-state index is 0.0102. The summed E-state index contributed by atoms with van der Waals surface area (Å²) in [5.74, 6) is 0.989. The van der Waals surface area contributed by atoms with Crippen molar-refractivity contribution in [2.45, 2.75) is 38.0 Å². The van der Waals surface area contributed by atoms with E-state index < -0.39 is 6.10 Å². The quantitative estimate of drug-likeness (QED) is 0.231. The first-order valence-electron chi connectivity index (χ1n) is 15.0. The molecule has 1 aromatic carbocycles. The molecule has 0 unspecified atom stereocenters. The monoisotopic (exact) mass is 638 g/mol. The van der Waals surface area contributed by atoms with Gasteiger partial charge in [-0.3, -0.25) is 9.20 Å². The van der Waals surface area contributed by atoms with Gasteiger partial charge in [-0.25, -0.2) is 24.3 Å².